The number of hydrogen-bond acceptors (Lipinski definition) is 2. The minimum atomic E-state index is -0.148. The van der Waals surface area contributed by atoms with Crippen LogP contribution in [-0.2, 0) is 9.53 Å². The van der Waals surface area contributed by atoms with Gasteiger partial charge in [0, 0.05) is 0 Å². The smallest absolute Gasteiger partial charge is 0.363 e. The highest BCUT2D eigenvalue weighted by atomic mass is 16.6. The Morgan fingerprint density at radius 2 is 2.57 bits per heavy atom. The number of carbonyl (C=O) groups is 1. The molecule has 1 aliphatic rings. The van der Waals surface area contributed by atoms with Gasteiger partial charge in [0.15, 0.2) is 6.54 Å². The van der Waals surface area contributed by atoms with Crippen molar-refractivity contribution in [3.8, 4) is 0 Å². The summed E-state index contributed by atoms with van der Waals surface area (Å²) in [6.45, 7) is 0.846. The van der Waals surface area contributed by atoms with Crippen molar-refractivity contribution in [1.29, 1.82) is 0 Å². The van der Waals surface area contributed by atoms with Crippen molar-refractivity contribution in [2.24, 2.45) is 0 Å². The van der Waals surface area contributed by atoms with E-state index >= 15 is 0 Å². The molecule has 0 aromatic rings. The van der Waals surface area contributed by atoms with Crippen molar-refractivity contribution < 1.29 is 14.4 Å². The standard InChI is InChI=1S/C4H7NO2/c1-5-2-4(6)7-3-5/h5H,1-3H2. The molecular formula is C4H7NO2. The highest BCUT2D eigenvalue weighted by Crippen LogP contribution is 1.74. The summed E-state index contributed by atoms with van der Waals surface area (Å²) in [5.74, 6) is -0.148. The lowest BCUT2D eigenvalue weighted by Crippen LogP contribution is -3.05. The summed E-state index contributed by atoms with van der Waals surface area (Å²) in [5, 5.41) is 0. The zero-order valence-electron chi connectivity index (χ0n) is 3.94. The maximum absolute atomic E-state index is 10.2. The van der Waals surface area contributed by atoms with Crippen LogP contribution in [0.2, 0.25) is 0 Å². The molecule has 1 saturated heterocycles. The fraction of sp³-hybridized carbons (Fsp3) is 0.500. The average molecular weight is 101 g/mol. The van der Waals surface area contributed by atoms with E-state index in [9.17, 15) is 4.79 Å². The van der Waals surface area contributed by atoms with Crippen molar-refractivity contribution in [1.82, 2.24) is 0 Å². The number of cyclic esters (lactones) is 1. The molecule has 1 heterocycles. The summed E-state index contributed by atoms with van der Waals surface area (Å²) in [6.07, 6.45) is 0. The molecule has 40 valence electrons. The number of hydrogen-bond donors (Lipinski definition) is 1. The first-order chi connectivity index (χ1) is 3.29. The monoisotopic (exact) mass is 101 g/mol. The summed E-state index contributed by atoms with van der Waals surface area (Å²) < 4.78 is 4.53. The van der Waals surface area contributed by atoms with E-state index in [1.807, 2.05) is 0 Å². The van der Waals surface area contributed by atoms with Crippen LogP contribution in [0.1, 0.15) is 0 Å². The SMILES string of the molecule is [CH2-][NH+]1COC(=O)C1. The van der Waals surface area contributed by atoms with Crippen LogP contribution in [0.5, 0.6) is 0 Å². The second-order valence-electron chi connectivity index (χ2n) is 1.59. The number of ether oxygens (including phenoxy) is 1. The van der Waals surface area contributed by atoms with Gasteiger partial charge in [-0.25, -0.2) is 4.79 Å². The summed E-state index contributed by atoms with van der Waals surface area (Å²) in [5.41, 5.74) is 0. The molecule has 3 nitrogen and oxygen atoms in total. The molecule has 1 atom stereocenters. The lowest BCUT2D eigenvalue weighted by atomic mass is 10.6. The van der Waals surface area contributed by atoms with E-state index in [0.717, 1.165) is 4.90 Å². The van der Waals surface area contributed by atoms with Crippen LogP contribution in [0, 0.1) is 7.05 Å². The molecule has 0 saturated carbocycles. The third-order valence-corrected chi connectivity index (χ3v) is 0.832. The molecule has 0 bridgehead atoms. The minimum absolute atomic E-state index is 0.148. The highest BCUT2D eigenvalue weighted by molar-refractivity contribution is 5.71. The highest BCUT2D eigenvalue weighted by Gasteiger charge is 2.15. The number of carbonyl (C=O) groups excluding carboxylic acids is 1. The summed E-state index contributed by atoms with van der Waals surface area (Å²) in [7, 11) is 3.56. The van der Waals surface area contributed by atoms with E-state index in [-0.39, 0.29) is 5.97 Å². The van der Waals surface area contributed by atoms with Crippen molar-refractivity contribution in [3.05, 3.63) is 7.05 Å². The van der Waals surface area contributed by atoms with Crippen LogP contribution < -0.4 is 4.90 Å². The van der Waals surface area contributed by atoms with Crippen molar-refractivity contribution in [3.63, 3.8) is 0 Å². The summed E-state index contributed by atoms with van der Waals surface area (Å²) in [6, 6.07) is 0. The first kappa shape index (κ1) is 4.59. The van der Waals surface area contributed by atoms with Gasteiger partial charge < -0.3 is 9.64 Å². The minimum Gasteiger partial charge on any atom is -0.426 e. The van der Waals surface area contributed by atoms with Crippen LogP contribution in [0.15, 0.2) is 0 Å². The van der Waals surface area contributed by atoms with Gasteiger partial charge in [0.25, 0.3) is 0 Å². The van der Waals surface area contributed by atoms with Gasteiger partial charge in [-0.1, -0.05) is 0 Å². The normalized spacial score (nSPS) is 30.4. The molecule has 0 amide bonds. The molecule has 0 aromatic heterocycles. The molecule has 0 radical (unpaired) electrons. The molecule has 1 N–H and O–H groups in total. The van der Waals surface area contributed by atoms with Gasteiger partial charge in [-0.15, -0.1) is 7.05 Å². The maximum atomic E-state index is 10.2. The Morgan fingerprint density at radius 3 is 2.71 bits per heavy atom. The van der Waals surface area contributed by atoms with E-state index in [0.29, 0.717) is 13.3 Å². The molecule has 1 fully saturated rings. The lowest BCUT2D eigenvalue weighted by Gasteiger charge is -2.03. The average Bonchev–Trinajstić information content (AvgIpc) is 1.87. The summed E-state index contributed by atoms with van der Waals surface area (Å²) in [4.78, 5) is 11.1. The Morgan fingerprint density at radius 1 is 1.86 bits per heavy atom. The largest absolute Gasteiger partial charge is 0.426 e. The lowest BCUT2D eigenvalue weighted by molar-refractivity contribution is -0.848. The number of nitrogens with one attached hydrogen (secondary N) is 1. The number of quaternary nitrogens is 1. The van der Waals surface area contributed by atoms with E-state index in [1.54, 1.807) is 0 Å². The third-order valence-electron chi connectivity index (χ3n) is 0.832. The molecule has 1 rings (SSSR count). The van der Waals surface area contributed by atoms with Crippen LogP contribution in [0.3, 0.4) is 0 Å². The van der Waals surface area contributed by atoms with Crippen molar-refractivity contribution in [2.45, 2.75) is 0 Å². The third kappa shape index (κ3) is 0.899. The van der Waals surface area contributed by atoms with Crippen molar-refractivity contribution in [2.75, 3.05) is 13.3 Å². The number of esters is 1. The molecular weight excluding hydrogens is 94.0 g/mol. The quantitative estimate of drug-likeness (QED) is 0.287. The Kier molecular flexibility index (Phi) is 0.982. The molecule has 0 aromatic carbocycles. The Balaban J connectivity index is 2.40. The predicted molar refractivity (Wildman–Crippen MR) is 22.1 cm³/mol. The zero-order valence-corrected chi connectivity index (χ0v) is 3.94. The first-order valence-corrected chi connectivity index (χ1v) is 2.11. The van der Waals surface area contributed by atoms with E-state index in [2.05, 4.69) is 11.8 Å². The molecule has 0 spiro atoms. The van der Waals surface area contributed by atoms with Crippen LogP contribution in [-0.4, -0.2) is 19.2 Å². The van der Waals surface area contributed by atoms with Crippen LogP contribution in [0.25, 0.3) is 0 Å². The fourth-order valence-electron chi connectivity index (χ4n) is 0.489. The van der Waals surface area contributed by atoms with E-state index in [4.69, 9.17) is 0 Å². The first-order valence-electron chi connectivity index (χ1n) is 2.11. The molecule has 3 heteroatoms. The van der Waals surface area contributed by atoms with E-state index in [1.165, 1.54) is 0 Å². The molecule has 1 aliphatic heterocycles. The maximum Gasteiger partial charge on any atom is 0.363 e. The van der Waals surface area contributed by atoms with Gasteiger partial charge in [0.2, 0.25) is 6.73 Å². The van der Waals surface area contributed by atoms with E-state index < -0.39 is 0 Å². The van der Waals surface area contributed by atoms with Crippen LogP contribution in [0.4, 0.5) is 0 Å². The van der Waals surface area contributed by atoms with Gasteiger partial charge in [-0.2, -0.15) is 0 Å². The Bertz CT molecular complexity index is 91.7. The number of rotatable bonds is 0. The predicted octanol–water partition coefficient (Wildman–Crippen LogP) is -1.82. The molecule has 0 aliphatic carbocycles. The van der Waals surface area contributed by atoms with Gasteiger partial charge >= 0.3 is 5.97 Å². The topological polar surface area (TPSA) is 30.7 Å². The van der Waals surface area contributed by atoms with Crippen LogP contribution >= 0.6 is 0 Å². The second kappa shape index (κ2) is 1.50. The van der Waals surface area contributed by atoms with Gasteiger partial charge in [0.1, 0.15) is 0 Å². The molecule has 1 unspecified atom stereocenters. The second-order valence-corrected chi connectivity index (χ2v) is 1.59. The van der Waals surface area contributed by atoms with Gasteiger partial charge in [-0.05, 0) is 0 Å². The Labute approximate surface area is 41.9 Å². The van der Waals surface area contributed by atoms with Gasteiger partial charge in [-0.3, -0.25) is 0 Å². The molecule has 7 heavy (non-hydrogen) atoms. The zero-order chi connectivity index (χ0) is 5.28. The Hall–Kier alpha value is -0.570. The summed E-state index contributed by atoms with van der Waals surface area (Å²) >= 11 is 0. The van der Waals surface area contributed by atoms with Crippen molar-refractivity contribution >= 4 is 5.97 Å². The van der Waals surface area contributed by atoms with Gasteiger partial charge in [0.05, 0.1) is 0 Å². The fourth-order valence-corrected chi connectivity index (χ4v) is 0.489.